The molecular formula is C16H27N3. The number of rotatable bonds is 6. The number of nitrogens with zero attached hydrogens (tertiary/aromatic N) is 3. The van der Waals surface area contributed by atoms with Gasteiger partial charge in [0.2, 0.25) is 0 Å². The lowest BCUT2D eigenvalue weighted by Gasteiger charge is -2.40. The predicted octanol–water partition coefficient (Wildman–Crippen LogP) is 3.58. The summed E-state index contributed by atoms with van der Waals surface area (Å²) < 4.78 is 0. The first-order chi connectivity index (χ1) is 9.12. The summed E-state index contributed by atoms with van der Waals surface area (Å²) in [7, 11) is 0. The predicted molar refractivity (Wildman–Crippen MR) is 77.2 cm³/mol. The Kier molecular flexibility index (Phi) is 6.89. The van der Waals surface area contributed by atoms with Gasteiger partial charge in [0.25, 0.3) is 0 Å². The molecule has 1 fully saturated rings. The molecule has 0 amide bonds. The highest BCUT2D eigenvalue weighted by Gasteiger charge is 2.33. The average molecular weight is 261 g/mol. The van der Waals surface area contributed by atoms with E-state index < -0.39 is 0 Å². The third-order valence-corrected chi connectivity index (χ3v) is 4.25. The molecule has 1 aliphatic carbocycles. The lowest BCUT2D eigenvalue weighted by atomic mass is 9.77. The maximum absolute atomic E-state index is 9.39. The molecule has 1 aliphatic rings. The van der Waals surface area contributed by atoms with Crippen molar-refractivity contribution in [1.82, 2.24) is 4.90 Å². The van der Waals surface area contributed by atoms with E-state index in [1.165, 1.54) is 12.8 Å². The second-order valence-corrected chi connectivity index (χ2v) is 6.19. The summed E-state index contributed by atoms with van der Waals surface area (Å²) in [5.74, 6) is 1.49. The van der Waals surface area contributed by atoms with E-state index >= 15 is 0 Å². The molecule has 1 saturated carbocycles. The van der Waals surface area contributed by atoms with Gasteiger partial charge in [-0.15, -0.1) is 0 Å². The van der Waals surface area contributed by atoms with Crippen LogP contribution in [0.3, 0.4) is 0 Å². The molecule has 0 aromatic heterocycles. The maximum atomic E-state index is 9.39. The van der Waals surface area contributed by atoms with Crippen LogP contribution < -0.4 is 0 Å². The van der Waals surface area contributed by atoms with E-state index in [4.69, 9.17) is 5.26 Å². The third kappa shape index (κ3) is 4.84. The topological polar surface area (TPSA) is 50.8 Å². The zero-order valence-electron chi connectivity index (χ0n) is 12.6. The fraction of sp³-hybridized carbons (Fsp3) is 0.875. The Hall–Kier alpha value is -1.06. The highest BCUT2D eigenvalue weighted by Crippen LogP contribution is 2.34. The van der Waals surface area contributed by atoms with E-state index in [1.807, 2.05) is 0 Å². The molecule has 19 heavy (non-hydrogen) atoms. The molecule has 0 aromatic carbocycles. The molecule has 0 heterocycles. The summed E-state index contributed by atoms with van der Waals surface area (Å²) in [4.78, 5) is 2.41. The summed E-state index contributed by atoms with van der Waals surface area (Å²) in [6.45, 7) is 8.48. The first-order valence-corrected chi connectivity index (χ1v) is 7.62. The van der Waals surface area contributed by atoms with Crippen LogP contribution in [0.15, 0.2) is 0 Å². The minimum atomic E-state index is 0.153. The molecule has 1 rings (SSSR count). The molecule has 0 aromatic rings. The zero-order chi connectivity index (χ0) is 14.3. The van der Waals surface area contributed by atoms with Gasteiger partial charge in [0, 0.05) is 25.6 Å². The van der Waals surface area contributed by atoms with Crippen molar-refractivity contribution in [2.75, 3.05) is 13.1 Å². The Balaban J connectivity index is 2.76. The highest BCUT2D eigenvalue weighted by molar-refractivity contribution is 4.98. The average Bonchev–Trinajstić information content (AvgIpc) is 2.42. The minimum Gasteiger partial charge on any atom is -0.298 e. The standard InChI is InChI=1S/C16H27N3/c1-4-14-6-7-15(11-18)16(10-14)19(9-5-8-17)12-13(2)3/h13-16H,4-7,9-10,12H2,1-3H3. The van der Waals surface area contributed by atoms with E-state index in [0.29, 0.717) is 18.4 Å². The molecule has 3 nitrogen and oxygen atoms in total. The summed E-state index contributed by atoms with van der Waals surface area (Å²) in [5.41, 5.74) is 0. The Labute approximate surface area is 118 Å². The fourth-order valence-corrected chi connectivity index (χ4v) is 3.21. The van der Waals surface area contributed by atoms with Crippen molar-refractivity contribution >= 4 is 0 Å². The highest BCUT2D eigenvalue weighted by atomic mass is 15.2. The van der Waals surface area contributed by atoms with Crippen molar-refractivity contribution in [2.24, 2.45) is 17.8 Å². The Bertz CT molecular complexity index is 337. The van der Waals surface area contributed by atoms with Crippen molar-refractivity contribution in [3.05, 3.63) is 0 Å². The lowest BCUT2D eigenvalue weighted by molar-refractivity contribution is 0.0905. The van der Waals surface area contributed by atoms with E-state index in [1.54, 1.807) is 0 Å². The maximum Gasteiger partial charge on any atom is 0.0672 e. The van der Waals surface area contributed by atoms with Gasteiger partial charge in [0.1, 0.15) is 0 Å². The zero-order valence-corrected chi connectivity index (χ0v) is 12.6. The molecule has 0 aliphatic heterocycles. The minimum absolute atomic E-state index is 0.153. The van der Waals surface area contributed by atoms with Crippen LogP contribution in [-0.4, -0.2) is 24.0 Å². The SMILES string of the molecule is CCC1CCC(C#N)C(N(CCC#N)CC(C)C)C1. The molecule has 0 radical (unpaired) electrons. The lowest BCUT2D eigenvalue weighted by Crippen LogP contribution is -2.46. The van der Waals surface area contributed by atoms with Crippen molar-refractivity contribution in [1.29, 1.82) is 10.5 Å². The first kappa shape index (κ1) is 16.0. The Morgan fingerprint density at radius 3 is 2.53 bits per heavy atom. The van der Waals surface area contributed by atoms with Gasteiger partial charge in [-0.25, -0.2) is 0 Å². The van der Waals surface area contributed by atoms with Crippen molar-refractivity contribution < 1.29 is 0 Å². The molecule has 3 atom stereocenters. The largest absolute Gasteiger partial charge is 0.298 e. The molecule has 0 spiro atoms. The smallest absolute Gasteiger partial charge is 0.0672 e. The fourth-order valence-electron chi connectivity index (χ4n) is 3.21. The molecule has 3 heteroatoms. The van der Waals surface area contributed by atoms with Gasteiger partial charge >= 0.3 is 0 Å². The van der Waals surface area contributed by atoms with E-state index in [-0.39, 0.29) is 5.92 Å². The summed E-state index contributed by atoms with van der Waals surface area (Å²) >= 11 is 0. The second-order valence-electron chi connectivity index (χ2n) is 6.19. The number of hydrogen-bond donors (Lipinski definition) is 0. The van der Waals surface area contributed by atoms with Gasteiger partial charge in [-0.05, 0) is 31.1 Å². The van der Waals surface area contributed by atoms with Crippen LogP contribution in [0.1, 0.15) is 52.9 Å². The van der Waals surface area contributed by atoms with Crippen molar-refractivity contribution in [2.45, 2.75) is 58.9 Å². The second kappa shape index (κ2) is 8.18. The number of nitriles is 2. The van der Waals surface area contributed by atoms with Gasteiger partial charge in [0.15, 0.2) is 0 Å². The van der Waals surface area contributed by atoms with Gasteiger partial charge in [-0.2, -0.15) is 10.5 Å². The molecule has 0 saturated heterocycles. The molecule has 0 N–H and O–H groups in total. The van der Waals surface area contributed by atoms with Crippen LogP contribution in [0, 0.1) is 40.4 Å². The van der Waals surface area contributed by atoms with Crippen LogP contribution >= 0.6 is 0 Å². The van der Waals surface area contributed by atoms with E-state index in [0.717, 1.165) is 31.8 Å². The van der Waals surface area contributed by atoms with Crippen LogP contribution in [0.5, 0.6) is 0 Å². The van der Waals surface area contributed by atoms with Crippen molar-refractivity contribution in [3.8, 4) is 12.1 Å². The van der Waals surface area contributed by atoms with Gasteiger partial charge in [0.05, 0.1) is 18.1 Å². The molecule has 0 bridgehead atoms. The normalized spacial score (nSPS) is 27.2. The number of hydrogen-bond acceptors (Lipinski definition) is 3. The molecule has 106 valence electrons. The summed E-state index contributed by atoms with van der Waals surface area (Å²) in [6.07, 6.45) is 5.13. The monoisotopic (exact) mass is 261 g/mol. The third-order valence-electron chi connectivity index (χ3n) is 4.25. The van der Waals surface area contributed by atoms with E-state index in [9.17, 15) is 5.26 Å². The summed E-state index contributed by atoms with van der Waals surface area (Å²) in [5, 5.41) is 18.2. The van der Waals surface area contributed by atoms with Gasteiger partial charge in [-0.1, -0.05) is 27.2 Å². The van der Waals surface area contributed by atoms with Gasteiger partial charge in [-0.3, -0.25) is 4.90 Å². The molecule has 3 unspecified atom stereocenters. The van der Waals surface area contributed by atoms with Crippen LogP contribution in [-0.2, 0) is 0 Å². The quantitative estimate of drug-likeness (QED) is 0.734. The van der Waals surface area contributed by atoms with Crippen molar-refractivity contribution in [3.63, 3.8) is 0 Å². The van der Waals surface area contributed by atoms with Crippen LogP contribution in [0.2, 0.25) is 0 Å². The first-order valence-electron chi connectivity index (χ1n) is 7.62. The Morgan fingerprint density at radius 1 is 1.26 bits per heavy atom. The molecular weight excluding hydrogens is 234 g/mol. The van der Waals surface area contributed by atoms with Crippen LogP contribution in [0.25, 0.3) is 0 Å². The van der Waals surface area contributed by atoms with Gasteiger partial charge < -0.3 is 0 Å². The Morgan fingerprint density at radius 2 is 2.00 bits per heavy atom. The summed E-state index contributed by atoms with van der Waals surface area (Å²) in [6, 6.07) is 5.11. The van der Waals surface area contributed by atoms with Crippen LogP contribution in [0.4, 0.5) is 0 Å². The van der Waals surface area contributed by atoms with E-state index in [2.05, 4.69) is 37.8 Å².